The molecule has 1 aliphatic heterocycles. The second-order valence-electron chi connectivity index (χ2n) is 2.49. The van der Waals surface area contributed by atoms with Gasteiger partial charge in [-0.2, -0.15) is 11.8 Å². The average Bonchev–Trinajstić information content (AvgIpc) is 1.91. The van der Waals surface area contributed by atoms with Crippen LogP contribution in [0.3, 0.4) is 0 Å². The third-order valence-electron chi connectivity index (χ3n) is 1.73. The van der Waals surface area contributed by atoms with Crippen LogP contribution in [0.15, 0.2) is 0 Å². The molecule has 0 aromatic carbocycles. The zero-order chi connectivity index (χ0) is 5.28. The summed E-state index contributed by atoms with van der Waals surface area (Å²) in [6, 6.07) is 0. The second-order valence-corrected chi connectivity index (χ2v) is 3.57. The lowest BCUT2D eigenvalue weighted by Gasteiger charge is -2.03. The lowest BCUT2D eigenvalue weighted by molar-refractivity contribution is 0.494. The van der Waals surface area contributed by atoms with Crippen LogP contribution in [0, 0.1) is 11.8 Å². The first-order chi connectivity index (χ1) is 3.30. The molecule has 7 heavy (non-hydrogen) atoms. The molecule has 0 aromatic heterocycles. The maximum Gasteiger partial charge on any atom is -0.00388 e. The van der Waals surface area contributed by atoms with Crippen molar-refractivity contribution < 1.29 is 0 Å². The van der Waals surface area contributed by atoms with Crippen molar-refractivity contribution >= 4 is 11.8 Å². The Morgan fingerprint density at radius 2 is 1.57 bits per heavy atom. The third kappa shape index (κ3) is 1.12. The molecule has 1 rings (SSSR count). The summed E-state index contributed by atoms with van der Waals surface area (Å²) < 4.78 is 0. The van der Waals surface area contributed by atoms with E-state index in [0.717, 1.165) is 11.8 Å². The fourth-order valence-electron chi connectivity index (χ4n) is 0.768. The molecule has 0 bridgehead atoms. The quantitative estimate of drug-likeness (QED) is 0.466. The fourth-order valence-corrected chi connectivity index (χ4v) is 2.31. The van der Waals surface area contributed by atoms with Gasteiger partial charge in [0.15, 0.2) is 0 Å². The SMILES string of the molecule is C[C@@H]1CSC[C@@H]1C. The molecule has 1 saturated heterocycles. The Balaban J connectivity index is 2.33. The molecule has 1 heterocycles. The van der Waals surface area contributed by atoms with Gasteiger partial charge in [0.2, 0.25) is 0 Å². The van der Waals surface area contributed by atoms with Crippen LogP contribution in [0.4, 0.5) is 0 Å². The van der Waals surface area contributed by atoms with Crippen LogP contribution in [-0.2, 0) is 0 Å². The van der Waals surface area contributed by atoms with Crippen LogP contribution in [0.25, 0.3) is 0 Å². The monoisotopic (exact) mass is 116 g/mol. The minimum absolute atomic E-state index is 0.977. The van der Waals surface area contributed by atoms with Gasteiger partial charge in [-0.3, -0.25) is 0 Å². The van der Waals surface area contributed by atoms with Gasteiger partial charge in [-0.15, -0.1) is 0 Å². The van der Waals surface area contributed by atoms with Gasteiger partial charge in [0, 0.05) is 0 Å². The molecule has 0 N–H and O–H groups in total. The van der Waals surface area contributed by atoms with E-state index in [2.05, 4.69) is 25.6 Å². The number of rotatable bonds is 0. The molecule has 1 aliphatic rings. The lowest BCUT2D eigenvalue weighted by Crippen LogP contribution is -2.01. The Labute approximate surface area is 49.7 Å². The predicted octanol–water partition coefficient (Wildman–Crippen LogP) is 2.01. The second kappa shape index (κ2) is 2.08. The summed E-state index contributed by atoms with van der Waals surface area (Å²) in [7, 11) is 0. The van der Waals surface area contributed by atoms with Crippen LogP contribution in [0.2, 0.25) is 0 Å². The zero-order valence-electron chi connectivity index (χ0n) is 4.98. The Hall–Kier alpha value is 0.350. The normalized spacial score (nSPS) is 42.0. The first-order valence-electron chi connectivity index (χ1n) is 2.88. The molecule has 0 amide bonds. The average molecular weight is 116 g/mol. The largest absolute Gasteiger partial charge is 0.161 e. The van der Waals surface area contributed by atoms with Crippen molar-refractivity contribution in [1.82, 2.24) is 0 Å². The van der Waals surface area contributed by atoms with Crippen molar-refractivity contribution in [3.63, 3.8) is 0 Å². The third-order valence-corrected chi connectivity index (χ3v) is 3.26. The first-order valence-corrected chi connectivity index (χ1v) is 4.04. The maximum absolute atomic E-state index is 2.34. The molecule has 0 nitrogen and oxygen atoms in total. The molecule has 42 valence electrons. The molecular formula is C6H12S. The summed E-state index contributed by atoms with van der Waals surface area (Å²) in [5.41, 5.74) is 0. The molecule has 0 saturated carbocycles. The van der Waals surface area contributed by atoms with E-state index in [1.807, 2.05) is 0 Å². The number of hydrogen-bond acceptors (Lipinski definition) is 1. The minimum atomic E-state index is 0.977. The van der Waals surface area contributed by atoms with Crippen molar-refractivity contribution in [1.29, 1.82) is 0 Å². The van der Waals surface area contributed by atoms with E-state index < -0.39 is 0 Å². The van der Waals surface area contributed by atoms with Crippen molar-refractivity contribution in [3.05, 3.63) is 0 Å². The summed E-state index contributed by atoms with van der Waals surface area (Å²) in [5, 5.41) is 0. The van der Waals surface area contributed by atoms with Gasteiger partial charge in [-0.1, -0.05) is 13.8 Å². The summed E-state index contributed by atoms with van der Waals surface area (Å²) in [4.78, 5) is 0. The highest BCUT2D eigenvalue weighted by Crippen LogP contribution is 2.28. The first kappa shape index (κ1) is 5.49. The molecule has 0 aromatic rings. The van der Waals surface area contributed by atoms with E-state index in [0.29, 0.717) is 0 Å². The Bertz CT molecular complexity index is 53.2. The van der Waals surface area contributed by atoms with Gasteiger partial charge < -0.3 is 0 Å². The van der Waals surface area contributed by atoms with E-state index in [4.69, 9.17) is 0 Å². The van der Waals surface area contributed by atoms with Gasteiger partial charge in [0.25, 0.3) is 0 Å². The Morgan fingerprint density at radius 1 is 1.14 bits per heavy atom. The highest BCUT2D eigenvalue weighted by molar-refractivity contribution is 7.99. The Morgan fingerprint density at radius 3 is 1.71 bits per heavy atom. The molecule has 0 aliphatic carbocycles. The molecular weight excluding hydrogens is 104 g/mol. The van der Waals surface area contributed by atoms with Gasteiger partial charge in [0.1, 0.15) is 0 Å². The highest BCUT2D eigenvalue weighted by atomic mass is 32.2. The van der Waals surface area contributed by atoms with Gasteiger partial charge >= 0.3 is 0 Å². The molecule has 0 unspecified atom stereocenters. The maximum atomic E-state index is 2.34. The summed E-state index contributed by atoms with van der Waals surface area (Å²) in [5.74, 6) is 4.73. The van der Waals surface area contributed by atoms with Crippen LogP contribution >= 0.6 is 11.8 Å². The number of hydrogen-bond donors (Lipinski definition) is 0. The molecule has 2 atom stereocenters. The molecule has 0 radical (unpaired) electrons. The van der Waals surface area contributed by atoms with E-state index in [9.17, 15) is 0 Å². The van der Waals surface area contributed by atoms with Crippen LogP contribution in [0.1, 0.15) is 13.8 Å². The van der Waals surface area contributed by atoms with Crippen molar-refractivity contribution in [3.8, 4) is 0 Å². The van der Waals surface area contributed by atoms with Crippen LogP contribution < -0.4 is 0 Å². The van der Waals surface area contributed by atoms with Crippen molar-refractivity contribution in [2.75, 3.05) is 11.5 Å². The molecule has 1 heteroatoms. The van der Waals surface area contributed by atoms with Crippen LogP contribution in [-0.4, -0.2) is 11.5 Å². The van der Waals surface area contributed by atoms with E-state index in [1.54, 1.807) is 0 Å². The Kier molecular flexibility index (Phi) is 1.63. The lowest BCUT2D eigenvalue weighted by atomic mass is 10.0. The summed E-state index contributed by atoms with van der Waals surface area (Å²) in [6.45, 7) is 4.68. The van der Waals surface area contributed by atoms with Crippen molar-refractivity contribution in [2.45, 2.75) is 13.8 Å². The van der Waals surface area contributed by atoms with Gasteiger partial charge in [-0.05, 0) is 23.3 Å². The fraction of sp³-hybridized carbons (Fsp3) is 1.00. The van der Waals surface area contributed by atoms with E-state index >= 15 is 0 Å². The smallest absolute Gasteiger partial charge is 0.00388 e. The standard InChI is InChI=1S/C6H12S/c1-5-3-7-4-6(5)2/h5-6H,3-4H2,1-2H3/t5-,6+. The molecule has 1 fully saturated rings. The van der Waals surface area contributed by atoms with Crippen molar-refractivity contribution in [2.24, 2.45) is 11.8 Å². The van der Waals surface area contributed by atoms with E-state index in [1.165, 1.54) is 11.5 Å². The van der Waals surface area contributed by atoms with Gasteiger partial charge in [0.05, 0.1) is 0 Å². The van der Waals surface area contributed by atoms with Gasteiger partial charge in [-0.25, -0.2) is 0 Å². The van der Waals surface area contributed by atoms with Crippen LogP contribution in [0.5, 0.6) is 0 Å². The minimum Gasteiger partial charge on any atom is -0.161 e. The number of thioether (sulfide) groups is 1. The predicted molar refractivity (Wildman–Crippen MR) is 35.7 cm³/mol. The van der Waals surface area contributed by atoms with E-state index in [-0.39, 0.29) is 0 Å². The zero-order valence-corrected chi connectivity index (χ0v) is 5.79. The topological polar surface area (TPSA) is 0 Å². The highest BCUT2D eigenvalue weighted by Gasteiger charge is 2.18. The summed E-state index contributed by atoms with van der Waals surface area (Å²) in [6.07, 6.45) is 0. The molecule has 0 spiro atoms. The summed E-state index contributed by atoms with van der Waals surface area (Å²) >= 11 is 2.09.